The van der Waals surface area contributed by atoms with E-state index in [-0.39, 0.29) is 5.13 Å². The van der Waals surface area contributed by atoms with Gasteiger partial charge in [-0.25, -0.2) is 9.78 Å². The summed E-state index contributed by atoms with van der Waals surface area (Å²) in [6.45, 7) is 4.40. The molecule has 1 atom stereocenters. The van der Waals surface area contributed by atoms with E-state index < -0.39 is 35.2 Å². The smallest absolute Gasteiger partial charge is 0.434 e. The van der Waals surface area contributed by atoms with Crippen molar-refractivity contribution in [2.24, 2.45) is 0 Å². The summed E-state index contributed by atoms with van der Waals surface area (Å²) in [6.07, 6.45) is -4.49. The van der Waals surface area contributed by atoms with Crippen LogP contribution in [0.1, 0.15) is 37.9 Å². The molecule has 0 spiro atoms. The number of rotatable bonds is 6. The fourth-order valence-electron chi connectivity index (χ4n) is 2.06. The lowest BCUT2D eigenvalue weighted by Crippen LogP contribution is -2.50. The molecule has 0 aliphatic rings. The second kappa shape index (κ2) is 7.55. The van der Waals surface area contributed by atoms with Gasteiger partial charge in [0.1, 0.15) is 5.54 Å². The minimum absolute atomic E-state index is 0.101. The first-order chi connectivity index (χ1) is 12.4. The topological polar surface area (TPSA) is 91.3 Å². The minimum atomic E-state index is -4.49. The third-order valence-corrected chi connectivity index (χ3v) is 4.58. The van der Waals surface area contributed by atoms with E-state index in [0.717, 1.165) is 16.7 Å². The van der Waals surface area contributed by atoms with Crippen LogP contribution in [-0.2, 0) is 15.8 Å². The number of amides is 1. The molecule has 0 unspecified atom stereocenters. The number of benzene rings is 1. The molecule has 10 heteroatoms. The van der Waals surface area contributed by atoms with Crippen LogP contribution in [0, 0.1) is 0 Å². The van der Waals surface area contributed by atoms with E-state index >= 15 is 0 Å². The van der Waals surface area contributed by atoms with Gasteiger partial charge in [0, 0.05) is 11.1 Å². The minimum Gasteiger partial charge on any atom is -0.480 e. The summed E-state index contributed by atoms with van der Waals surface area (Å²) in [5, 5.41) is 15.3. The number of thiazole rings is 1. The molecule has 0 aliphatic carbocycles. The Hall–Kier alpha value is -2.62. The van der Waals surface area contributed by atoms with Gasteiger partial charge >= 0.3 is 12.1 Å². The van der Waals surface area contributed by atoms with E-state index in [9.17, 15) is 22.8 Å². The Labute approximate surface area is 157 Å². The molecule has 2 rings (SSSR count). The monoisotopic (exact) mass is 401 g/mol. The van der Waals surface area contributed by atoms with E-state index in [1.165, 1.54) is 13.8 Å². The zero-order valence-corrected chi connectivity index (χ0v) is 15.5. The summed E-state index contributed by atoms with van der Waals surface area (Å²) in [5.41, 5.74) is -1.21. The summed E-state index contributed by atoms with van der Waals surface area (Å²) in [5.74, 6) is -2.20. The van der Waals surface area contributed by atoms with Crippen LogP contribution in [0.5, 0.6) is 0 Å². The van der Waals surface area contributed by atoms with Crippen LogP contribution >= 0.6 is 11.3 Å². The van der Waals surface area contributed by atoms with Gasteiger partial charge in [-0.3, -0.25) is 4.79 Å². The second-order valence-corrected chi connectivity index (χ2v) is 7.28. The summed E-state index contributed by atoms with van der Waals surface area (Å²) < 4.78 is 37.7. The van der Waals surface area contributed by atoms with E-state index in [1.807, 2.05) is 0 Å². The number of alkyl halides is 3. The highest BCUT2D eigenvalue weighted by Crippen LogP contribution is 2.32. The summed E-state index contributed by atoms with van der Waals surface area (Å²) in [7, 11) is 0. The SMILES string of the molecule is C[C@H](C(=O)NC(C)(C)C(=O)O)c1ccc(Nc2nc(C(F)(F)F)cs2)cc1. The molecule has 0 radical (unpaired) electrons. The van der Waals surface area contributed by atoms with Gasteiger partial charge in [-0.1, -0.05) is 12.1 Å². The maximum Gasteiger partial charge on any atom is 0.434 e. The molecule has 1 amide bonds. The molecule has 0 fully saturated rings. The Kier molecular flexibility index (Phi) is 5.79. The van der Waals surface area contributed by atoms with Gasteiger partial charge in [0.15, 0.2) is 10.8 Å². The molecule has 0 saturated carbocycles. The lowest BCUT2D eigenvalue weighted by Gasteiger charge is -2.23. The Morgan fingerprint density at radius 1 is 1.19 bits per heavy atom. The molecule has 2 aromatic rings. The van der Waals surface area contributed by atoms with Crippen molar-refractivity contribution < 1.29 is 27.9 Å². The number of hydrogen-bond acceptors (Lipinski definition) is 5. The summed E-state index contributed by atoms with van der Waals surface area (Å²) >= 11 is 0.834. The quantitative estimate of drug-likeness (QED) is 0.681. The Morgan fingerprint density at radius 2 is 1.78 bits per heavy atom. The number of carbonyl (C=O) groups excluding carboxylic acids is 1. The number of halogens is 3. The zero-order chi connectivity index (χ0) is 20.4. The first kappa shape index (κ1) is 20.7. The molecule has 6 nitrogen and oxygen atoms in total. The van der Waals surface area contributed by atoms with Crippen molar-refractivity contribution in [3.05, 3.63) is 40.9 Å². The van der Waals surface area contributed by atoms with Gasteiger partial charge in [-0.2, -0.15) is 13.2 Å². The molecule has 1 aromatic heterocycles. The molecule has 0 bridgehead atoms. The molecule has 0 aliphatic heterocycles. The van der Waals surface area contributed by atoms with Gasteiger partial charge in [0.25, 0.3) is 0 Å². The van der Waals surface area contributed by atoms with Crippen LogP contribution in [0.4, 0.5) is 24.0 Å². The largest absolute Gasteiger partial charge is 0.480 e. The number of anilines is 2. The summed E-state index contributed by atoms with van der Waals surface area (Å²) in [4.78, 5) is 26.8. The number of nitrogens with zero attached hydrogens (tertiary/aromatic N) is 1. The Morgan fingerprint density at radius 3 is 2.26 bits per heavy atom. The summed E-state index contributed by atoms with van der Waals surface area (Å²) in [6, 6.07) is 6.49. The van der Waals surface area contributed by atoms with Gasteiger partial charge in [0.05, 0.1) is 5.92 Å². The molecule has 3 N–H and O–H groups in total. The van der Waals surface area contributed by atoms with Gasteiger partial charge in [-0.05, 0) is 38.5 Å². The fraction of sp³-hybridized carbons (Fsp3) is 0.353. The lowest BCUT2D eigenvalue weighted by atomic mass is 9.97. The van der Waals surface area contributed by atoms with Crippen molar-refractivity contribution in [1.82, 2.24) is 10.3 Å². The van der Waals surface area contributed by atoms with Crippen molar-refractivity contribution >= 4 is 34.0 Å². The van der Waals surface area contributed by atoms with E-state index in [4.69, 9.17) is 5.11 Å². The molecular formula is C17H18F3N3O3S. The predicted octanol–water partition coefficient (Wildman–Crippen LogP) is 3.99. The Balaban J connectivity index is 2.05. The molecule has 0 saturated heterocycles. The highest BCUT2D eigenvalue weighted by Gasteiger charge is 2.34. The number of carboxylic acids is 1. The van der Waals surface area contributed by atoms with Crippen LogP contribution in [0.3, 0.4) is 0 Å². The highest BCUT2D eigenvalue weighted by molar-refractivity contribution is 7.13. The van der Waals surface area contributed by atoms with Gasteiger partial charge in [-0.15, -0.1) is 11.3 Å². The molecule has 1 heterocycles. The van der Waals surface area contributed by atoms with Crippen LogP contribution in [-0.4, -0.2) is 27.5 Å². The average molecular weight is 401 g/mol. The number of hydrogen-bond donors (Lipinski definition) is 3. The number of carbonyl (C=O) groups is 2. The van der Waals surface area contributed by atoms with Crippen molar-refractivity contribution in [1.29, 1.82) is 0 Å². The number of carboxylic acid groups (broad SMARTS) is 1. The maximum atomic E-state index is 12.6. The zero-order valence-electron chi connectivity index (χ0n) is 14.7. The van der Waals surface area contributed by atoms with Gasteiger partial charge in [0.2, 0.25) is 5.91 Å². The van der Waals surface area contributed by atoms with Crippen LogP contribution in [0.2, 0.25) is 0 Å². The number of aliphatic carboxylic acids is 1. The van der Waals surface area contributed by atoms with Crippen molar-refractivity contribution in [2.45, 2.75) is 38.4 Å². The number of aromatic nitrogens is 1. The normalized spacial score (nSPS) is 13.1. The second-order valence-electron chi connectivity index (χ2n) is 6.42. The first-order valence-corrected chi connectivity index (χ1v) is 8.73. The molecule has 27 heavy (non-hydrogen) atoms. The van der Waals surface area contributed by atoms with Crippen molar-refractivity contribution in [3.8, 4) is 0 Å². The maximum absolute atomic E-state index is 12.6. The van der Waals surface area contributed by atoms with Crippen LogP contribution in [0.15, 0.2) is 29.6 Å². The standard InChI is InChI=1S/C17H18F3N3O3S/c1-9(13(24)23-16(2,3)14(25)26)10-4-6-11(7-5-10)21-15-22-12(8-27-15)17(18,19)20/h4-9H,1-3H3,(H,21,22)(H,23,24)(H,25,26)/t9-/m0/s1. The van der Waals surface area contributed by atoms with Crippen molar-refractivity contribution in [3.63, 3.8) is 0 Å². The fourth-order valence-corrected chi connectivity index (χ4v) is 2.80. The van der Waals surface area contributed by atoms with E-state index in [0.29, 0.717) is 11.3 Å². The predicted molar refractivity (Wildman–Crippen MR) is 95.1 cm³/mol. The van der Waals surface area contributed by atoms with Gasteiger partial charge < -0.3 is 15.7 Å². The van der Waals surface area contributed by atoms with Crippen LogP contribution in [0.25, 0.3) is 0 Å². The third-order valence-electron chi connectivity index (χ3n) is 3.82. The lowest BCUT2D eigenvalue weighted by molar-refractivity contribution is -0.146. The van der Waals surface area contributed by atoms with Crippen molar-refractivity contribution in [2.75, 3.05) is 5.32 Å². The van der Waals surface area contributed by atoms with E-state index in [1.54, 1.807) is 31.2 Å². The molecule has 146 valence electrons. The molecule has 1 aromatic carbocycles. The van der Waals surface area contributed by atoms with E-state index in [2.05, 4.69) is 15.6 Å². The molecular weight excluding hydrogens is 383 g/mol. The van der Waals surface area contributed by atoms with Crippen LogP contribution < -0.4 is 10.6 Å². The third kappa shape index (κ3) is 5.19. The Bertz CT molecular complexity index is 832. The highest BCUT2D eigenvalue weighted by atomic mass is 32.1. The average Bonchev–Trinajstić information content (AvgIpc) is 3.03. The first-order valence-electron chi connectivity index (χ1n) is 7.85. The number of nitrogens with one attached hydrogen (secondary N) is 2.